The lowest BCUT2D eigenvalue weighted by atomic mass is 9.78. The summed E-state index contributed by atoms with van der Waals surface area (Å²) in [7, 11) is 0. The topological polar surface area (TPSA) is 93.2 Å². The molecule has 0 unspecified atom stereocenters. The van der Waals surface area contributed by atoms with Gasteiger partial charge in [-0.1, -0.05) is 62.4 Å². The summed E-state index contributed by atoms with van der Waals surface area (Å²) < 4.78 is 12.3. The fourth-order valence-electron chi connectivity index (χ4n) is 9.96. The lowest BCUT2D eigenvalue weighted by Gasteiger charge is -2.26. The Bertz CT molecular complexity index is 2020. The molecule has 264 valence electrons. The predicted molar refractivity (Wildman–Crippen MR) is 198 cm³/mol. The number of carbonyl (C=O) groups excluding carboxylic acids is 4. The van der Waals surface area contributed by atoms with Crippen molar-refractivity contribution in [3.8, 4) is 23.0 Å². The fourth-order valence-corrected chi connectivity index (χ4v) is 9.96. The number of ether oxygens (including phenoxy) is 2. The summed E-state index contributed by atoms with van der Waals surface area (Å²) in [6.45, 7) is 4.34. The van der Waals surface area contributed by atoms with Crippen molar-refractivity contribution in [2.45, 2.75) is 32.1 Å². The van der Waals surface area contributed by atoms with Gasteiger partial charge >= 0.3 is 0 Å². The van der Waals surface area contributed by atoms with Crippen molar-refractivity contribution >= 4 is 35.0 Å². The van der Waals surface area contributed by atoms with Crippen molar-refractivity contribution in [2.24, 2.45) is 47.3 Å². The fraction of sp³-hybridized carbons (Fsp3) is 0.289. The van der Waals surface area contributed by atoms with E-state index < -0.39 is 0 Å². The number of nitrogens with zero attached hydrogens (tertiary/aromatic N) is 2. The highest BCUT2D eigenvalue weighted by atomic mass is 16.5. The van der Waals surface area contributed by atoms with Gasteiger partial charge in [-0.3, -0.25) is 29.0 Å². The molecule has 4 aromatic carbocycles. The van der Waals surface area contributed by atoms with Gasteiger partial charge in [0, 0.05) is 5.41 Å². The first-order valence-electron chi connectivity index (χ1n) is 18.5. The largest absolute Gasteiger partial charge is 0.457 e. The molecule has 0 N–H and O–H groups in total. The van der Waals surface area contributed by atoms with E-state index in [2.05, 4.69) is 62.4 Å². The lowest BCUT2D eigenvalue weighted by molar-refractivity contribution is -0.124. The SMILES string of the molecule is CC(C)(c1ccc(Oc2ccc(N3C(=O)[C@@H]4[C@H](C3=O)[C@H]3C=C[C@H]4C3)cc2)cc1)c1ccc(Oc2ccc(N3C(=O)[C@H]4[C@H](C3=O)[C@H]3C=C[C@H]4C3)cc2)cc1. The zero-order valence-corrected chi connectivity index (χ0v) is 29.4. The number of amides is 4. The first-order chi connectivity index (χ1) is 25.7. The Labute approximate surface area is 307 Å². The van der Waals surface area contributed by atoms with E-state index in [4.69, 9.17) is 9.47 Å². The van der Waals surface area contributed by atoms with E-state index in [0.717, 1.165) is 24.0 Å². The molecule has 4 aromatic rings. The van der Waals surface area contributed by atoms with Gasteiger partial charge in [0.15, 0.2) is 0 Å². The monoisotopic (exact) mass is 702 g/mol. The standard InChI is InChI=1S/C45H38N2O6/c1-45(2,29-7-15-33(16-8-29)52-35-19-11-31(12-20-35)46-41(48)37-25-3-4-26(23-25)38(37)42(46)49)30-9-17-34(18-10-30)53-36-21-13-32(14-22-36)47-43(50)39-27-5-6-28(24-27)40(39)44(47)51/h3-22,25-28,37-40H,23-24H2,1-2H3/t25-,26-,27-,28-,37-,38+,39+,40+/m0/s1. The number of imide groups is 2. The van der Waals surface area contributed by atoms with Crippen LogP contribution < -0.4 is 19.3 Å². The van der Waals surface area contributed by atoms with Gasteiger partial charge < -0.3 is 9.47 Å². The van der Waals surface area contributed by atoms with Crippen LogP contribution in [0, 0.1) is 47.3 Å². The average Bonchev–Trinajstić information content (AvgIpc) is 4.03. The van der Waals surface area contributed by atoms with Crippen molar-refractivity contribution in [2.75, 3.05) is 9.80 Å². The average molecular weight is 703 g/mol. The molecule has 8 heteroatoms. The second-order valence-electron chi connectivity index (χ2n) is 15.9. The zero-order chi connectivity index (χ0) is 36.2. The summed E-state index contributed by atoms with van der Waals surface area (Å²) in [6.07, 6.45) is 10.2. The molecule has 4 bridgehead atoms. The Hall–Kier alpha value is -5.76. The minimum Gasteiger partial charge on any atom is -0.457 e. The van der Waals surface area contributed by atoms with Crippen LogP contribution in [0.1, 0.15) is 37.8 Å². The maximum Gasteiger partial charge on any atom is 0.238 e. The Kier molecular flexibility index (Phi) is 7.00. The molecule has 4 fully saturated rings. The quantitative estimate of drug-likeness (QED) is 0.136. The molecule has 53 heavy (non-hydrogen) atoms. The molecule has 0 spiro atoms. The van der Waals surface area contributed by atoms with Crippen molar-refractivity contribution in [1.29, 1.82) is 0 Å². The van der Waals surface area contributed by atoms with E-state index in [1.807, 2.05) is 24.3 Å². The van der Waals surface area contributed by atoms with Crippen LogP contribution in [-0.4, -0.2) is 23.6 Å². The van der Waals surface area contributed by atoms with Crippen LogP contribution in [0.3, 0.4) is 0 Å². The molecule has 4 aliphatic carbocycles. The second kappa shape index (κ2) is 11.6. The van der Waals surface area contributed by atoms with Gasteiger partial charge in [-0.25, -0.2) is 0 Å². The predicted octanol–water partition coefficient (Wildman–Crippen LogP) is 8.22. The van der Waals surface area contributed by atoms with E-state index in [0.29, 0.717) is 34.4 Å². The highest BCUT2D eigenvalue weighted by Crippen LogP contribution is 2.54. The smallest absolute Gasteiger partial charge is 0.238 e. The van der Waals surface area contributed by atoms with Crippen LogP contribution in [0.4, 0.5) is 11.4 Å². The molecule has 0 radical (unpaired) electrons. The third-order valence-corrected chi connectivity index (χ3v) is 12.8. The van der Waals surface area contributed by atoms with Gasteiger partial charge in [0.2, 0.25) is 23.6 Å². The van der Waals surface area contributed by atoms with E-state index in [1.165, 1.54) is 9.80 Å². The molecule has 4 amide bonds. The Morgan fingerprint density at radius 2 is 0.698 bits per heavy atom. The number of rotatable bonds is 8. The van der Waals surface area contributed by atoms with Crippen LogP contribution in [0.15, 0.2) is 121 Å². The molecular weight excluding hydrogens is 665 g/mol. The normalized spacial score (nSPS) is 29.1. The minimum absolute atomic E-state index is 0.0845. The van der Waals surface area contributed by atoms with Crippen molar-refractivity contribution in [3.05, 3.63) is 132 Å². The van der Waals surface area contributed by atoms with Crippen LogP contribution in [0.5, 0.6) is 23.0 Å². The van der Waals surface area contributed by atoms with Gasteiger partial charge in [-0.05, 0) is 120 Å². The molecule has 2 heterocycles. The van der Waals surface area contributed by atoms with Gasteiger partial charge in [0.1, 0.15) is 23.0 Å². The first kappa shape index (κ1) is 31.9. The molecule has 2 saturated carbocycles. The number of benzene rings is 4. The maximum atomic E-state index is 13.2. The van der Waals surface area contributed by atoms with Crippen molar-refractivity contribution < 1.29 is 28.7 Å². The van der Waals surface area contributed by atoms with Crippen LogP contribution >= 0.6 is 0 Å². The molecule has 10 rings (SSSR count). The zero-order valence-electron chi connectivity index (χ0n) is 29.4. The Morgan fingerprint density at radius 1 is 0.434 bits per heavy atom. The number of hydrogen-bond acceptors (Lipinski definition) is 6. The number of allylic oxidation sites excluding steroid dienone is 4. The van der Waals surface area contributed by atoms with Crippen LogP contribution in [-0.2, 0) is 24.6 Å². The lowest BCUT2D eigenvalue weighted by Crippen LogP contribution is -2.32. The van der Waals surface area contributed by atoms with Gasteiger partial charge in [-0.2, -0.15) is 0 Å². The first-order valence-corrected chi connectivity index (χ1v) is 18.5. The van der Waals surface area contributed by atoms with E-state index in [1.54, 1.807) is 48.5 Å². The second-order valence-corrected chi connectivity index (χ2v) is 15.9. The third-order valence-electron chi connectivity index (χ3n) is 12.8. The van der Waals surface area contributed by atoms with E-state index >= 15 is 0 Å². The summed E-state index contributed by atoms with van der Waals surface area (Å²) in [4.78, 5) is 55.5. The molecule has 2 saturated heterocycles. The van der Waals surface area contributed by atoms with Crippen molar-refractivity contribution in [1.82, 2.24) is 0 Å². The molecule has 2 aliphatic heterocycles. The molecule has 0 aromatic heterocycles. The van der Waals surface area contributed by atoms with Gasteiger partial charge in [-0.15, -0.1) is 0 Å². The molecule has 6 aliphatic rings. The molecular formula is C45H38N2O6. The Morgan fingerprint density at radius 3 is 0.981 bits per heavy atom. The van der Waals surface area contributed by atoms with Crippen molar-refractivity contribution in [3.63, 3.8) is 0 Å². The summed E-state index contributed by atoms with van der Waals surface area (Å²) in [6, 6.07) is 30.3. The summed E-state index contributed by atoms with van der Waals surface area (Å²) in [5, 5.41) is 0. The Balaban J connectivity index is 0.768. The minimum atomic E-state index is -0.301. The highest BCUT2D eigenvalue weighted by molar-refractivity contribution is 6.23. The number of hydrogen-bond donors (Lipinski definition) is 0. The number of anilines is 2. The van der Waals surface area contributed by atoms with Gasteiger partial charge in [0.05, 0.1) is 35.0 Å². The van der Waals surface area contributed by atoms with Gasteiger partial charge in [0.25, 0.3) is 0 Å². The summed E-state index contributed by atoms with van der Waals surface area (Å²) in [5.41, 5.74) is 3.11. The maximum absolute atomic E-state index is 13.2. The van der Waals surface area contributed by atoms with E-state index in [9.17, 15) is 19.2 Å². The number of carbonyl (C=O) groups is 4. The van der Waals surface area contributed by atoms with E-state index in [-0.39, 0.29) is 76.4 Å². The summed E-state index contributed by atoms with van der Waals surface area (Å²) >= 11 is 0. The number of fused-ring (bicyclic) bond motifs is 10. The molecule has 8 nitrogen and oxygen atoms in total. The third kappa shape index (κ3) is 4.88. The van der Waals surface area contributed by atoms with Crippen LogP contribution in [0.25, 0.3) is 0 Å². The molecule has 8 atom stereocenters. The van der Waals surface area contributed by atoms with Crippen LogP contribution in [0.2, 0.25) is 0 Å². The highest BCUT2D eigenvalue weighted by Gasteiger charge is 2.60. The summed E-state index contributed by atoms with van der Waals surface area (Å²) in [5.74, 6) is 2.13.